The van der Waals surface area contributed by atoms with E-state index < -0.39 is 24.4 Å². The third-order valence-corrected chi connectivity index (χ3v) is 5.27. The number of carbonyl (C=O) groups excluding carboxylic acids is 1. The Hall–Kier alpha value is -1.78. The largest absolute Gasteiger partial charge is 0.473 e. The first-order chi connectivity index (χ1) is 12.3. The van der Waals surface area contributed by atoms with Crippen LogP contribution in [-0.2, 0) is 4.74 Å². The number of piperidine rings is 2. The number of fused-ring (bicyclic) bond motifs is 3. The number of halogens is 3. The second kappa shape index (κ2) is 7.45. The fourth-order valence-corrected chi connectivity index (χ4v) is 3.89. The van der Waals surface area contributed by atoms with Crippen molar-refractivity contribution in [3.05, 3.63) is 0 Å². The Kier molecular flexibility index (Phi) is 5.44. The van der Waals surface area contributed by atoms with E-state index in [9.17, 15) is 18.0 Å². The van der Waals surface area contributed by atoms with Gasteiger partial charge >= 0.3 is 12.3 Å². The molecule has 2 saturated heterocycles. The standard InChI is InChI=1S/C15H20F3N3O4S/c1-23-13(22)21-9-10-3-6-14(21,7-4-10)25-12-11(19-26-20-12)24-8-2-5-15(16,17)18/h10H,2-9H2,1H3. The average molecular weight is 395 g/mol. The topological polar surface area (TPSA) is 73.8 Å². The first-order valence-electron chi connectivity index (χ1n) is 8.40. The van der Waals surface area contributed by atoms with Crippen LogP contribution >= 0.6 is 11.7 Å². The van der Waals surface area contributed by atoms with Gasteiger partial charge in [-0.1, -0.05) is 0 Å². The second-order valence-corrected chi connectivity index (χ2v) is 7.04. The highest BCUT2D eigenvalue weighted by molar-refractivity contribution is 6.99. The van der Waals surface area contributed by atoms with Gasteiger partial charge in [-0.3, -0.25) is 4.90 Å². The van der Waals surface area contributed by atoms with Crippen LogP contribution in [0.3, 0.4) is 0 Å². The molecule has 1 amide bonds. The van der Waals surface area contributed by atoms with E-state index in [1.807, 2.05) is 0 Å². The van der Waals surface area contributed by atoms with E-state index in [0.717, 1.165) is 24.6 Å². The van der Waals surface area contributed by atoms with Crippen molar-refractivity contribution >= 4 is 17.8 Å². The molecule has 146 valence electrons. The summed E-state index contributed by atoms with van der Waals surface area (Å²) in [6.07, 6.45) is -2.67. The number of aromatic nitrogens is 2. The van der Waals surface area contributed by atoms with Crippen LogP contribution in [-0.4, -0.2) is 51.9 Å². The monoisotopic (exact) mass is 395 g/mol. The number of rotatable bonds is 6. The number of hydrogen-bond donors (Lipinski definition) is 0. The van der Waals surface area contributed by atoms with Crippen molar-refractivity contribution in [1.29, 1.82) is 0 Å². The van der Waals surface area contributed by atoms with Crippen LogP contribution in [0.1, 0.15) is 38.5 Å². The summed E-state index contributed by atoms with van der Waals surface area (Å²) >= 11 is 0.849. The SMILES string of the molecule is COC(=O)N1CC2CCC1(Oc1nsnc1OCCCC(F)(F)F)CC2. The van der Waals surface area contributed by atoms with Gasteiger partial charge in [-0.15, -0.1) is 8.75 Å². The zero-order valence-corrected chi connectivity index (χ0v) is 15.1. The van der Waals surface area contributed by atoms with Crippen molar-refractivity contribution in [3.63, 3.8) is 0 Å². The fourth-order valence-electron chi connectivity index (χ4n) is 3.46. The minimum atomic E-state index is -4.22. The molecule has 0 radical (unpaired) electrons. The van der Waals surface area contributed by atoms with Crippen molar-refractivity contribution in [2.45, 2.75) is 50.4 Å². The molecule has 26 heavy (non-hydrogen) atoms. The van der Waals surface area contributed by atoms with Gasteiger partial charge in [0.15, 0.2) is 5.72 Å². The number of alkyl halides is 3. The quantitative estimate of drug-likeness (QED) is 0.685. The molecule has 0 aromatic carbocycles. The van der Waals surface area contributed by atoms with E-state index in [4.69, 9.17) is 14.2 Å². The molecule has 3 aliphatic rings. The molecule has 0 unspecified atom stereocenters. The predicted molar refractivity (Wildman–Crippen MR) is 85.1 cm³/mol. The van der Waals surface area contributed by atoms with Crippen LogP contribution in [0.15, 0.2) is 0 Å². The zero-order valence-electron chi connectivity index (χ0n) is 14.3. The molecule has 1 aliphatic carbocycles. The summed E-state index contributed by atoms with van der Waals surface area (Å²) < 4.78 is 60.9. The summed E-state index contributed by atoms with van der Waals surface area (Å²) in [7, 11) is 1.32. The van der Waals surface area contributed by atoms with Gasteiger partial charge in [0.05, 0.1) is 25.4 Å². The van der Waals surface area contributed by atoms with Crippen molar-refractivity contribution < 1.29 is 32.2 Å². The number of nitrogens with zero attached hydrogens (tertiary/aromatic N) is 3. The molecule has 2 aliphatic heterocycles. The maximum Gasteiger partial charge on any atom is 0.412 e. The highest BCUT2D eigenvalue weighted by Crippen LogP contribution is 2.45. The van der Waals surface area contributed by atoms with Crippen molar-refractivity contribution in [1.82, 2.24) is 13.6 Å². The summed E-state index contributed by atoms with van der Waals surface area (Å²) in [6, 6.07) is 0. The maximum absolute atomic E-state index is 12.2. The van der Waals surface area contributed by atoms with Crippen LogP contribution in [0.2, 0.25) is 0 Å². The number of methoxy groups -OCH3 is 1. The highest BCUT2D eigenvalue weighted by atomic mass is 32.1. The Bertz CT molecular complexity index is 632. The lowest BCUT2D eigenvalue weighted by Crippen LogP contribution is -2.63. The Morgan fingerprint density at radius 2 is 2.00 bits per heavy atom. The summed E-state index contributed by atoms with van der Waals surface area (Å²) in [6.45, 7) is 0.406. The van der Waals surface area contributed by atoms with Gasteiger partial charge in [0.2, 0.25) is 0 Å². The van der Waals surface area contributed by atoms with Gasteiger partial charge in [0, 0.05) is 25.8 Å². The van der Waals surface area contributed by atoms with Crippen LogP contribution in [0.25, 0.3) is 0 Å². The van der Waals surface area contributed by atoms with Gasteiger partial charge in [0.1, 0.15) is 0 Å². The molecule has 1 aromatic rings. The highest BCUT2D eigenvalue weighted by Gasteiger charge is 2.51. The Morgan fingerprint density at radius 1 is 1.31 bits per heavy atom. The molecule has 2 bridgehead atoms. The van der Waals surface area contributed by atoms with Gasteiger partial charge in [-0.25, -0.2) is 4.79 Å². The maximum atomic E-state index is 12.2. The third-order valence-electron chi connectivity index (χ3n) is 4.77. The molecule has 1 saturated carbocycles. The number of amides is 1. The molecular weight excluding hydrogens is 375 g/mol. The average Bonchev–Trinajstić information content (AvgIpc) is 3.04. The molecule has 7 nitrogen and oxygen atoms in total. The van der Waals surface area contributed by atoms with E-state index in [0.29, 0.717) is 25.3 Å². The molecule has 11 heteroatoms. The normalized spacial score (nSPS) is 25.2. The molecule has 1 aromatic heterocycles. The summed E-state index contributed by atoms with van der Waals surface area (Å²) in [5.41, 5.74) is -0.873. The lowest BCUT2D eigenvalue weighted by atomic mass is 9.77. The molecular formula is C15H20F3N3O4S. The van der Waals surface area contributed by atoms with Crippen molar-refractivity contribution in [3.8, 4) is 11.8 Å². The molecule has 0 N–H and O–H groups in total. The molecule has 3 heterocycles. The summed E-state index contributed by atoms with van der Waals surface area (Å²) in [4.78, 5) is 13.7. The summed E-state index contributed by atoms with van der Waals surface area (Å²) in [5.74, 6) is 0.589. The minimum Gasteiger partial charge on any atom is -0.473 e. The van der Waals surface area contributed by atoms with E-state index in [1.54, 1.807) is 4.90 Å². The predicted octanol–water partition coefficient (Wildman–Crippen LogP) is 3.61. The Labute approximate surface area is 152 Å². The van der Waals surface area contributed by atoms with E-state index in [1.165, 1.54) is 7.11 Å². The van der Waals surface area contributed by atoms with Gasteiger partial charge in [0.25, 0.3) is 11.8 Å². The molecule has 0 atom stereocenters. The van der Waals surface area contributed by atoms with Crippen LogP contribution in [0, 0.1) is 5.92 Å². The molecule has 3 fully saturated rings. The van der Waals surface area contributed by atoms with Crippen LogP contribution in [0.4, 0.5) is 18.0 Å². The first-order valence-corrected chi connectivity index (χ1v) is 9.13. The van der Waals surface area contributed by atoms with Gasteiger partial charge < -0.3 is 14.2 Å². The first kappa shape index (κ1) is 19.0. The van der Waals surface area contributed by atoms with E-state index in [2.05, 4.69) is 8.75 Å². The molecule has 4 rings (SSSR count). The zero-order chi connectivity index (χ0) is 18.8. The van der Waals surface area contributed by atoms with Crippen LogP contribution < -0.4 is 9.47 Å². The minimum absolute atomic E-state index is 0.0593. The van der Waals surface area contributed by atoms with Crippen molar-refractivity contribution in [2.75, 3.05) is 20.3 Å². The lowest BCUT2D eigenvalue weighted by molar-refractivity contribution is -0.146. The van der Waals surface area contributed by atoms with Crippen LogP contribution in [0.5, 0.6) is 11.8 Å². The number of carbonyl (C=O) groups is 1. The number of ether oxygens (including phenoxy) is 3. The van der Waals surface area contributed by atoms with Gasteiger partial charge in [-0.05, 0) is 25.2 Å². The number of hydrogen-bond acceptors (Lipinski definition) is 7. The molecule has 0 spiro atoms. The summed E-state index contributed by atoms with van der Waals surface area (Å²) in [5, 5.41) is 0. The Morgan fingerprint density at radius 3 is 2.65 bits per heavy atom. The van der Waals surface area contributed by atoms with E-state index >= 15 is 0 Å². The van der Waals surface area contributed by atoms with Gasteiger partial charge in [-0.2, -0.15) is 13.2 Å². The van der Waals surface area contributed by atoms with E-state index in [-0.39, 0.29) is 24.8 Å². The Balaban J connectivity index is 1.66. The second-order valence-electron chi connectivity index (χ2n) is 6.51. The fraction of sp³-hybridized carbons (Fsp3) is 0.800. The van der Waals surface area contributed by atoms with Crippen molar-refractivity contribution in [2.24, 2.45) is 5.92 Å². The third kappa shape index (κ3) is 4.13. The lowest BCUT2D eigenvalue weighted by Gasteiger charge is -2.52. The smallest absolute Gasteiger partial charge is 0.412 e.